The first-order chi connectivity index (χ1) is 8.68. The Morgan fingerprint density at radius 3 is 2.79 bits per heavy atom. The second-order valence-corrected chi connectivity index (χ2v) is 4.73. The van der Waals surface area contributed by atoms with Gasteiger partial charge >= 0.3 is 5.97 Å². The van der Waals surface area contributed by atoms with Gasteiger partial charge in [0.25, 0.3) is 0 Å². The fourth-order valence-corrected chi connectivity index (χ4v) is 2.30. The summed E-state index contributed by atoms with van der Waals surface area (Å²) in [6.45, 7) is 3.07. The van der Waals surface area contributed by atoms with Gasteiger partial charge in [-0.15, -0.1) is 17.0 Å². The average molecular weight is 326 g/mol. The van der Waals surface area contributed by atoms with Crippen LogP contribution in [-0.4, -0.2) is 17.6 Å². The maximum atomic E-state index is 10.5. The predicted octanol–water partition coefficient (Wildman–Crippen LogP) is 3.96. The molecule has 0 aromatic heterocycles. The number of para-hydroxylation sites is 1. The van der Waals surface area contributed by atoms with E-state index in [0.29, 0.717) is 5.92 Å². The third-order valence-electron chi connectivity index (χ3n) is 3.33. The van der Waals surface area contributed by atoms with E-state index >= 15 is 0 Å². The Bertz CT molecular complexity index is 459. The molecular formula is C15H20BrNO2. The van der Waals surface area contributed by atoms with E-state index in [0.717, 1.165) is 19.4 Å². The van der Waals surface area contributed by atoms with Crippen molar-refractivity contribution in [2.75, 3.05) is 11.4 Å². The Labute approximate surface area is 124 Å². The van der Waals surface area contributed by atoms with Crippen molar-refractivity contribution in [3.63, 3.8) is 0 Å². The van der Waals surface area contributed by atoms with Crippen LogP contribution in [0.1, 0.15) is 37.7 Å². The van der Waals surface area contributed by atoms with Crippen LogP contribution in [0.4, 0.5) is 5.69 Å². The highest BCUT2D eigenvalue weighted by atomic mass is 79.9. The minimum absolute atomic E-state index is 0. The van der Waals surface area contributed by atoms with Crippen LogP contribution < -0.4 is 4.90 Å². The first kappa shape index (κ1) is 15.8. The molecule has 0 fully saturated rings. The van der Waals surface area contributed by atoms with Crippen molar-refractivity contribution < 1.29 is 9.90 Å². The number of unbranched alkanes of at least 4 members (excludes halogenated alkanes) is 1. The molecule has 1 aromatic carbocycles. The normalized spacial score (nSPS) is 16.7. The third-order valence-corrected chi connectivity index (χ3v) is 3.33. The van der Waals surface area contributed by atoms with E-state index in [-0.39, 0.29) is 23.4 Å². The molecule has 4 heteroatoms. The third kappa shape index (κ3) is 4.10. The number of anilines is 1. The lowest BCUT2D eigenvalue weighted by molar-refractivity contribution is -0.137. The zero-order chi connectivity index (χ0) is 13.0. The molecule has 0 amide bonds. The lowest BCUT2D eigenvalue weighted by Gasteiger charge is -2.29. The predicted molar refractivity (Wildman–Crippen MR) is 83.2 cm³/mol. The van der Waals surface area contributed by atoms with Crippen LogP contribution in [0.25, 0.3) is 0 Å². The fourth-order valence-electron chi connectivity index (χ4n) is 2.30. The highest BCUT2D eigenvalue weighted by molar-refractivity contribution is 8.93. The van der Waals surface area contributed by atoms with Crippen LogP contribution in [-0.2, 0) is 4.79 Å². The lowest BCUT2D eigenvalue weighted by atomic mass is 9.96. The van der Waals surface area contributed by atoms with Crippen molar-refractivity contribution in [1.82, 2.24) is 0 Å². The Balaban J connectivity index is 0.00000180. The zero-order valence-corrected chi connectivity index (χ0v) is 12.8. The number of carbonyl (C=O) groups is 1. The topological polar surface area (TPSA) is 40.5 Å². The molecule has 1 atom stereocenters. The number of rotatable bonds is 5. The van der Waals surface area contributed by atoms with Gasteiger partial charge < -0.3 is 10.0 Å². The van der Waals surface area contributed by atoms with Crippen LogP contribution in [0.2, 0.25) is 0 Å². The van der Waals surface area contributed by atoms with E-state index in [2.05, 4.69) is 48.4 Å². The monoisotopic (exact) mass is 325 g/mol. The van der Waals surface area contributed by atoms with Crippen molar-refractivity contribution in [2.24, 2.45) is 0 Å². The van der Waals surface area contributed by atoms with Crippen molar-refractivity contribution in [2.45, 2.75) is 32.1 Å². The molecule has 104 valence electrons. The molecule has 0 saturated heterocycles. The molecule has 1 aliphatic rings. The van der Waals surface area contributed by atoms with Gasteiger partial charge in [0.05, 0.1) is 0 Å². The first-order valence-corrected chi connectivity index (χ1v) is 6.44. The number of hydrogen-bond donors (Lipinski definition) is 1. The Hall–Kier alpha value is -1.29. The summed E-state index contributed by atoms with van der Waals surface area (Å²) in [4.78, 5) is 12.7. The van der Waals surface area contributed by atoms with E-state index in [1.807, 2.05) is 0 Å². The molecule has 0 saturated carbocycles. The van der Waals surface area contributed by atoms with Gasteiger partial charge in [-0.25, -0.2) is 0 Å². The molecule has 0 bridgehead atoms. The summed E-state index contributed by atoms with van der Waals surface area (Å²) in [6.07, 6.45) is 6.21. The van der Waals surface area contributed by atoms with E-state index in [1.165, 1.54) is 11.3 Å². The van der Waals surface area contributed by atoms with Gasteiger partial charge in [-0.1, -0.05) is 31.2 Å². The molecule has 1 unspecified atom stereocenters. The van der Waals surface area contributed by atoms with E-state index in [4.69, 9.17) is 5.11 Å². The molecule has 1 aromatic rings. The van der Waals surface area contributed by atoms with Gasteiger partial charge in [-0.3, -0.25) is 4.79 Å². The van der Waals surface area contributed by atoms with E-state index in [1.54, 1.807) is 0 Å². The summed E-state index contributed by atoms with van der Waals surface area (Å²) in [6, 6.07) is 8.41. The van der Waals surface area contributed by atoms with Gasteiger partial charge in [-0.2, -0.15) is 0 Å². The van der Waals surface area contributed by atoms with Crippen molar-refractivity contribution in [1.29, 1.82) is 0 Å². The fraction of sp³-hybridized carbons (Fsp3) is 0.400. The summed E-state index contributed by atoms with van der Waals surface area (Å²) in [5.41, 5.74) is 2.60. The largest absolute Gasteiger partial charge is 0.481 e. The number of carboxylic acid groups (broad SMARTS) is 1. The maximum Gasteiger partial charge on any atom is 0.303 e. The molecule has 3 nitrogen and oxygen atoms in total. The number of hydrogen-bond acceptors (Lipinski definition) is 2. The number of aliphatic carboxylic acids is 1. The van der Waals surface area contributed by atoms with Gasteiger partial charge in [0, 0.05) is 30.8 Å². The van der Waals surface area contributed by atoms with E-state index < -0.39 is 5.97 Å². The Morgan fingerprint density at radius 1 is 1.32 bits per heavy atom. The van der Waals surface area contributed by atoms with Crippen LogP contribution in [0.15, 0.2) is 36.5 Å². The molecule has 2 rings (SSSR count). The molecule has 0 aliphatic carbocycles. The van der Waals surface area contributed by atoms with Crippen LogP contribution >= 0.6 is 17.0 Å². The minimum Gasteiger partial charge on any atom is -0.481 e. The molecule has 0 radical (unpaired) electrons. The molecule has 0 spiro atoms. The highest BCUT2D eigenvalue weighted by Crippen LogP contribution is 2.32. The van der Waals surface area contributed by atoms with Crippen LogP contribution in [0.3, 0.4) is 0 Å². The van der Waals surface area contributed by atoms with Gasteiger partial charge in [0.15, 0.2) is 0 Å². The van der Waals surface area contributed by atoms with Gasteiger partial charge in [0.2, 0.25) is 0 Å². The second-order valence-electron chi connectivity index (χ2n) is 4.73. The molecular weight excluding hydrogens is 306 g/mol. The Kier molecular flexibility index (Phi) is 6.09. The highest BCUT2D eigenvalue weighted by Gasteiger charge is 2.16. The number of benzene rings is 1. The summed E-state index contributed by atoms with van der Waals surface area (Å²) in [5.74, 6) is -0.255. The quantitative estimate of drug-likeness (QED) is 0.833. The van der Waals surface area contributed by atoms with Crippen molar-refractivity contribution in [3.05, 3.63) is 42.1 Å². The number of fused-ring (bicyclic) bond motifs is 1. The lowest BCUT2D eigenvalue weighted by Crippen LogP contribution is -2.22. The number of carboxylic acids is 1. The number of halogens is 1. The first-order valence-electron chi connectivity index (χ1n) is 6.44. The van der Waals surface area contributed by atoms with Crippen LogP contribution in [0.5, 0.6) is 0 Å². The summed E-state index contributed by atoms with van der Waals surface area (Å²) < 4.78 is 0. The zero-order valence-electron chi connectivity index (χ0n) is 11.1. The molecule has 19 heavy (non-hydrogen) atoms. The average Bonchev–Trinajstić information content (AvgIpc) is 2.37. The summed E-state index contributed by atoms with van der Waals surface area (Å²) >= 11 is 0. The molecule has 1 heterocycles. The molecule has 1 aliphatic heterocycles. The van der Waals surface area contributed by atoms with Gasteiger partial charge in [0.1, 0.15) is 0 Å². The molecule has 1 N–H and O–H groups in total. The smallest absolute Gasteiger partial charge is 0.303 e. The van der Waals surface area contributed by atoms with E-state index in [9.17, 15) is 4.79 Å². The minimum atomic E-state index is -0.710. The van der Waals surface area contributed by atoms with Gasteiger partial charge in [-0.05, 0) is 24.5 Å². The number of allylic oxidation sites excluding steroid dienone is 1. The van der Waals surface area contributed by atoms with Crippen molar-refractivity contribution in [3.8, 4) is 0 Å². The van der Waals surface area contributed by atoms with Crippen molar-refractivity contribution >= 4 is 28.6 Å². The van der Waals surface area contributed by atoms with Crippen LogP contribution in [0, 0.1) is 0 Å². The Morgan fingerprint density at radius 2 is 2.05 bits per heavy atom. The number of nitrogens with zero attached hydrogens (tertiary/aromatic N) is 1. The summed E-state index contributed by atoms with van der Waals surface area (Å²) in [7, 11) is 0. The maximum absolute atomic E-state index is 10.5. The second kappa shape index (κ2) is 7.34. The summed E-state index contributed by atoms with van der Waals surface area (Å²) in [5, 5.41) is 8.62. The standard InChI is InChI=1S/C15H19NO2.BrH/c1-12-9-11-16(10-5-4-8-15(17)18)14-7-3-2-6-13(12)14;/h2-3,6-7,9,11-12H,4-5,8,10H2,1H3,(H,17,18);1H. The SMILES string of the molecule is Br.CC1C=CN(CCCCC(=O)O)c2ccccc21.